The van der Waals surface area contributed by atoms with E-state index >= 15 is 0 Å². The molecule has 0 saturated carbocycles. The van der Waals surface area contributed by atoms with Gasteiger partial charge in [0, 0.05) is 11.8 Å². The van der Waals surface area contributed by atoms with Crippen LogP contribution in [0, 0.1) is 0 Å². The number of aromatic nitrogens is 1. The van der Waals surface area contributed by atoms with Crippen LogP contribution in [0.2, 0.25) is 0 Å². The summed E-state index contributed by atoms with van der Waals surface area (Å²) >= 11 is 5.59. The number of carbonyl (C=O) groups is 1. The molecule has 0 fully saturated rings. The van der Waals surface area contributed by atoms with Gasteiger partial charge in [-0.3, -0.25) is 9.59 Å². The molecule has 1 rings (SSSR count). The summed E-state index contributed by atoms with van der Waals surface area (Å²) in [6.45, 7) is -0.251. The zero-order valence-electron chi connectivity index (χ0n) is 8.07. The van der Waals surface area contributed by atoms with Gasteiger partial charge in [0.25, 0.3) is 0 Å². The maximum Gasteiger partial charge on any atom is 0.323 e. The third-order valence-electron chi connectivity index (χ3n) is 1.84. The summed E-state index contributed by atoms with van der Waals surface area (Å²) < 4.78 is 6.17. The van der Waals surface area contributed by atoms with E-state index in [4.69, 9.17) is 21.4 Å². The lowest BCUT2D eigenvalue weighted by atomic mass is 10.3. The lowest BCUT2D eigenvalue weighted by Crippen LogP contribution is -2.17. The molecule has 0 aliphatic heterocycles. The highest BCUT2D eigenvalue weighted by atomic mass is 35.5. The van der Waals surface area contributed by atoms with E-state index < -0.39 is 5.97 Å². The Balaban J connectivity index is 3.22. The van der Waals surface area contributed by atoms with Crippen molar-refractivity contribution in [3.8, 4) is 5.75 Å². The molecule has 0 unspecified atom stereocenters. The van der Waals surface area contributed by atoms with Crippen LogP contribution in [0.4, 0.5) is 0 Å². The minimum atomic E-state index is -1.01. The molecule has 0 aromatic carbocycles. The maximum atomic E-state index is 11.3. The number of hydrogen-bond acceptors (Lipinski definition) is 3. The highest BCUT2D eigenvalue weighted by Crippen LogP contribution is 2.08. The molecule has 1 aromatic rings. The Morgan fingerprint density at radius 1 is 1.67 bits per heavy atom. The van der Waals surface area contributed by atoms with Crippen LogP contribution in [0.5, 0.6) is 5.75 Å². The number of alkyl halides is 1. The van der Waals surface area contributed by atoms with Crippen molar-refractivity contribution in [1.29, 1.82) is 0 Å². The Morgan fingerprint density at radius 2 is 2.33 bits per heavy atom. The van der Waals surface area contributed by atoms with Crippen molar-refractivity contribution in [2.75, 3.05) is 7.11 Å². The van der Waals surface area contributed by atoms with Crippen LogP contribution >= 0.6 is 11.6 Å². The molecule has 0 spiro atoms. The van der Waals surface area contributed by atoms with Crippen molar-refractivity contribution in [2.24, 2.45) is 0 Å². The molecule has 0 amide bonds. The molecule has 1 aromatic heterocycles. The molecule has 15 heavy (non-hydrogen) atoms. The number of aliphatic carboxylic acids is 1. The maximum absolute atomic E-state index is 11.3. The van der Waals surface area contributed by atoms with Gasteiger partial charge in [0.2, 0.25) is 5.43 Å². The first-order chi connectivity index (χ1) is 7.08. The smallest absolute Gasteiger partial charge is 0.323 e. The Morgan fingerprint density at radius 3 is 2.80 bits per heavy atom. The fourth-order valence-electron chi connectivity index (χ4n) is 1.15. The number of halogens is 1. The van der Waals surface area contributed by atoms with Crippen molar-refractivity contribution in [2.45, 2.75) is 12.4 Å². The first kappa shape index (κ1) is 11.6. The third kappa shape index (κ3) is 2.73. The van der Waals surface area contributed by atoms with Crippen LogP contribution < -0.4 is 10.2 Å². The number of pyridine rings is 1. The van der Waals surface area contributed by atoms with E-state index in [-0.39, 0.29) is 23.6 Å². The van der Waals surface area contributed by atoms with E-state index in [1.807, 2.05) is 0 Å². The third-order valence-corrected chi connectivity index (χ3v) is 2.12. The number of carboxylic acids is 1. The largest absolute Gasteiger partial charge is 0.491 e. The summed E-state index contributed by atoms with van der Waals surface area (Å²) in [5.74, 6) is -0.829. The minimum absolute atomic E-state index is 0.0759. The standard InChI is InChI=1S/C9H10ClNO4/c1-15-8-4-11(5-9(13)14)6(3-10)2-7(8)12/h2,4H,3,5H2,1H3,(H,13,14). The van der Waals surface area contributed by atoms with Gasteiger partial charge < -0.3 is 14.4 Å². The van der Waals surface area contributed by atoms with Gasteiger partial charge >= 0.3 is 5.97 Å². The monoisotopic (exact) mass is 231 g/mol. The number of carboxylic acid groups (broad SMARTS) is 1. The lowest BCUT2D eigenvalue weighted by Gasteiger charge is -2.10. The number of nitrogens with zero attached hydrogens (tertiary/aromatic N) is 1. The molecular weight excluding hydrogens is 222 g/mol. The molecule has 0 atom stereocenters. The average molecular weight is 232 g/mol. The molecule has 0 saturated heterocycles. The molecule has 0 radical (unpaired) electrons. The molecule has 0 aliphatic rings. The van der Waals surface area contributed by atoms with Crippen LogP contribution in [0.25, 0.3) is 0 Å². The van der Waals surface area contributed by atoms with E-state index in [9.17, 15) is 9.59 Å². The first-order valence-corrected chi connectivity index (χ1v) is 4.67. The Kier molecular flexibility index (Phi) is 3.74. The zero-order valence-corrected chi connectivity index (χ0v) is 8.82. The van der Waals surface area contributed by atoms with Crippen LogP contribution in [0.1, 0.15) is 5.69 Å². The fourth-order valence-corrected chi connectivity index (χ4v) is 1.39. The molecular formula is C9H10ClNO4. The molecule has 6 heteroatoms. The number of ether oxygens (including phenoxy) is 1. The summed E-state index contributed by atoms with van der Waals surface area (Å²) in [4.78, 5) is 21.9. The first-order valence-electron chi connectivity index (χ1n) is 4.13. The van der Waals surface area contributed by atoms with E-state index in [1.54, 1.807) is 0 Å². The number of rotatable bonds is 4. The van der Waals surface area contributed by atoms with Gasteiger partial charge in [0.15, 0.2) is 5.75 Å². The van der Waals surface area contributed by atoms with Crippen molar-refractivity contribution in [3.05, 3.63) is 28.2 Å². The van der Waals surface area contributed by atoms with Gasteiger partial charge in [-0.1, -0.05) is 0 Å². The molecule has 1 N–H and O–H groups in total. The highest BCUT2D eigenvalue weighted by Gasteiger charge is 2.08. The predicted octanol–water partition coefficient (Wildman–Crippen LogP) is 0.680. The summed E-state index contributed by atoms with van der Waals surface area (Å²) in [6, 6.07) is 1.27. The Bertz CT molecular complexity index is 427. The van der Waals surface area contributed by atoms with Crippen molar-refractivity contribution in [3.63, 3.8) is 0 Å². The van der Waals surface area contributed by atoms with Crippen molar-refractivity contribution in [1.82, 2.24) is 4.57 Å². The van der Waals surface area contributed by atoms with E-state index in [1.165, 1.54) is 23.9 Å². The van der Waals surface area contributed by atoms with E-state index in [2.05, 4.69) is 0 Å². The quantitative estimate of drug-likeness (QED) is 0.774. The molecule has 82 valence electrons. The minimum Gasteiger partial charge on any atom is -0.491 e. The highest BCUT2D eigenvalue weighted by molar-refractivity contribution is 6.16. The van der Waals surface area contributed by atoms with Crippen LogP contribution in [-0.4, -0.2) is 22.8 Å². The number of methoxy groups -OCH3 is 1. The average Bonchev–Trinajstić information content (AvgIpc) is 2.19. The normalized spacial score (nSPS) is 10.0. The van der Waals surface area contributed by atoms with Gasteiger partial charge in [-0.25, -0.2) is 0 Å². The molecule has 0 bridgehead atoms. The van der Waals surface area contributed by atoms with Crippen molar-refractivity contribution >= 4 is 17.6 Å². The second-order valence-electron chi connectivity index (χ2n) is 2.85. The Hall–Kier alpha value is -1.49. The Labute approximate surface area is 90.9 Å². The summed E-state index contributed by atoms with van der Waals surface area (Å²) in [5.41, 5.74) is 0.139. The van der Waals surface area contributed by atoms with E-state index in [0.29, 0.717) is 5.69 Å². The SMILES string of the molecule is COc1cn(CC(=O)O)c(CCl)cc1=O. The van der Waals surface area contributed by atoms with Gasteiger partial charge in [-0.05, 0) is 0 Å². The van der Waals surface area contributed by atoms with Crippen LogP contribution in [0.3, 0.4) is 0 Å². The number of hydrogen-bond donors (Lipinski definition) is 1. The van der Waals surface area contributed by atoms with E-state index in [0.717, 1.165) is 0 Å². The summed E-state index contributed by atoms with van der Waals surface area (Å²) in [7, 11) is 1.35. The van der Waals surface area contributed by atoms with Gasteiger partial charge in [-0.15, -0.1) is 11.6 Å². The predicted molar refractivity (Wildman–Crippen MR) is 54.4 cm³/mol. The molecule has 5 nitrogen and oxygen atoms in total. The van der Waals surface area contributed by atoms with Crippen molar-refractivity contribution < 1.29 is 14.6 Å². The summed E-state index contributed by atoms with van der Waals surface area (Å²) in [6.07, 6.45) is 1.34. The topological polar surface area (TPSA) is 68.5 Å². The van der Waals surface area contributed by atoms with Gasteiger partial charge in [-0.2, -0.15) is 0 Å². The van der Waals surface area contributed by atoms with Gasteiger partial charge in [0.1, 0.15) is 6.54 Å². The van der Waals surface area contributed by atoms with Crippen LogP contribution in [0.15, 0.2) is 17.1 Å². The zero-order chi connectivity index (χ0) is 11.4. The second kappa shape index (κ2) is 4.84. The molecule has 0 aliphatic carbocycles. The molecule has 1 heterocycles. The van der Waals surface area contributed by atoms with Crippen LogP contribution in [-0.2, 0) is 17.2 Å². The fraction of sp³-hybridized carbons (Fsp3) is 0.333. The lowest BCUT2D eigenvalue weighted by molar-refractivity contribution is -0.137. The summed E-state index contributed by atoms with van der Waals surface area (Å²) in [5, 5.41) is 8.64. The van der Waals surface area contributed by atoms with Gasteiger partial charge in [0.05, 0.1) is 19.2 Å². The second-order valence-corrected chi connectivity index (χ2v) is 3.12.